The summed E-state index contributed by atoms with van der Waals surface area (Å²) in [7, 11) is 0. The van der Waals surface area contributed by atoms with E-state index in [1.54, 1.807) is 0 Å². The van der Waals surface area contributed by atoms with Crippen molar-refractivity contribution in [1.29, 1.82) is 0 Å². The van der Waals surface area contributed by atoms with Crippen LogP contribution >= 0.6 is 0 Å². The minimum Gasteiger partial charge on any atom is 0 e. The summed E-state index contributed by atoms with van der Waals surface area (Å²) in [6.07, 6.45) is 2.26. The van der Waals surface area contributed by atoms with Crippen molar-refractivity contribution in [3.8, 4) is 0 Å². The third-order valence-corrected chi connectivity index (χ3v) is 0. The van der Waals surface area contributed by atoms with E-state index in [0.29, 0.717) is 18.4 Å². The Kier molecular flexibility index (Phi) is 54.0. The van der Waals surface area contributed by atoms with Gasteiger partial charge in [-0.3, -0.25) is 0 Å². The quantitative estimate of drug-likeness (QED) is 0.501. The molecule has 32 valence electrons. The van der Waals surface area contributed by atoms with E-state index in [9.17, 15) is 0 Å². The summed E-state index contributed by atoms with van der Waals surface area (Å²) in [5.41, 5.74) is 0. The third kappa shape index (κ3) is 25.8. The van der Waals surface area contributed by atoms with Gasteiger partial charge in [0, 0.05) is 34.4 Å². The van der Waals surface area contributed by atoms with E-state index >= 15 is 0 Å². The smallest absolute Gasteiger partial charge is 0 e. The summed E-state index contributed by atoms with van der Waals surface area (Å²) in [6, 6.07) is 0. The molecule has 0 atom stereocenters. The zero-order valence-electron chi connectivity index (χ0n) is 3.17. The normalized spacial score (nSPS) is 3.40. The maximum atomic E-state index is 2.26. The van der Waals surface area contributed by atoms with Crippen LogP contribution in [0.1, 0.15) is 0 Å². The summed E-state index contributed by atoms with van der Waals surface area (Å²) in [5, 5.41) is 2.26. The van der Waals surface area contributed by atoms with Gasteiger partial charge in [0.05, 0.1) is 0 Å². The zero-order valence-corrected chi connectivity index (χ0v) is 7.56. The molecule has 0 unspecified atom stereocenters. The molecule has 0 rings (SSSR count). The monoisotopic (exact) mass is 234 g/mol. The van der Waals surface area contributed by atoms with Gasteiger partial charge in [0.1, 0.15) is 0 Å². The van der Waals surface area contributed by atoms with Crippen LogP contribution in [-0.2, 0) is 52.8 Å². The number of rotatable bonds is 0. The van der Waals surface area contributed by atoms with Crippen molar-refractivity contribution in [2.24, 2.45) is 0 Å². The van der Waals surface area contributed by atoms with Crippen LogP contribution in [0.4, 0.5) is 0 Å². The molecule has 0 radical (unpaired) electrons. The van der Waals surface area contributed by atoms with E-state index in [-0.39, 0.29) is 34.4 Å². The molecule has 0 aromatic heterocycles. The molecule has 0 heterocycles. The standard InChI is InChI=1S/CH3.BH2.Cr.Fe.Mo/h1H3;1H2;;;/q;+1;;;-1. The van der Waals surface area contributed by atoms with Crippen LogP contribution in [0, 0.1) is 0 Å². The maximum absolute atomic E-state index is 2.26. The SMILES string of the molecule is [BH2][Mo][CH3].[Cr].[Fe]. The second-order valence-corrected chi connectivity index (χ2v) is 2.42. The van der Waals surface area contributed by atoms with Crippen molar-refractivity contribution in [1.82, 2.24) is 0 Å². The van der Waals surface area contributed by atoms with E-state index < -0.39 is 0 Å². The summed E-state index contributed by atoms with van der Waals surface area (Å²) in [6.45, 7) is 0. The summed E-state index contributed by atoms with van der Waals surface area (Å²) < 4.78 is 0. The van der Waals surface area contributed by atoms with Crippen molar-refractivity contribution in [2.45, 2.75) is 5.31 Å². The average Bonchev–Trinajstić information content (AvgIpc) is 0.918. The van der Waals surface area contributed by atoms with E-state index in [2.05, 4.69) is 11.4 Å². The molecule has 0 bridgehead atoms. The van der Waals surface area contributed by atoms with Gasteiger partial charge in [-0.15, -0.1) is 0 Å². The van der Waals surface area contributed by atoms with Crippen molar-refractivity contribution in [3.63, 3.8) is 0 Å². The first kappa shape index (κ1) is 15.8. The van der Waals surface area contributed by atoms with Crippen molar-refractivity contribution < 1.29 is 52.8 Å². The molecule has 0 fully saturated rings. The molecule has 0 aromatic rings. The van der Waals surface area contributed by atoms with Gasteiger partial charge in [0.2, 0.25) is 0 Å². The Bertz CT molecular complexity index is 11.6. The first-order chi connectivity index (χ1) is 1.41. The number of hydrogen-bond donors (Lipinski definition) is 0. The van der Waals surface area contributed by atoms with Crippen molar-refractivity contribution in [3.05, 3.63) is 0 Å². The van der Waals surface area contributed by atoms with Crippen molar-refractivity contribution in [2.75, 3.05) is 0 Å². The van der Waals surface area contributed by atoms with Crippen LogP contribution in [0.3, 0.4) is 0 Å². The van der Waals surface area contributed by atoms with Gasteiger partial charge in [0.25, 0.3) is 0 Å². The van der Waals surface area contributed by atoms with Crippen LogP contribution in [-0.4, -0.2) is 6.11 Å². The summed E-state index contributed by atoms with van der Waals surface area (Å²) in [5.74, 6) is 0. The van der Waals surface area contributed by atoms with Crippen LogP contribution in [0.25, 0.3) is 0 Å². The maximum Gasteiger partial charge on any atom is 0 e. The second-order valence-electron chi connectivity index (χ2n) is 0.408. The summed E-state index contributed by atoms with van der Waals surface area (Å²) in [4.78, 5) is 0. The fourth-order valence-corrected chi connectivity index (χ4v) is 0. The predicted octanol–water partition coefficient (Wildman–Crippen LogP) is -0.340. The molecule has 0 aromatic carbocycles. The fraction of sp³-hybridized carbons (Fsp3) is 1.00. The van der Waals surface area contributed by atoms with E-state index in [4.69, 9.17) is 0 Å². The molecule has 0 aliphatic heterocycles. The Hall–Kier alpha value is 1.81. The van der Waals surface area contributed by atoms with Gasteiger partial charge in [-0.25, -0.2) is 0 Å². The Morgan fingerprint density at radius 3 is 1.60 bits per heavy atom. The minimum atomic E-state index is 0. The first-order valence-corrected chi connectivity index (χ1v) is 4.83. The van der Waals surface area contributed by atoms with Gasteiger partial charge in [0.15, 0.2) is 0 Å². The van der Waals surface area contributed by atoms with Gasteiger partial charge >= 0.3 is 29.8 Å². The van der Waals surface area contributed by atoms with Crippen LogP contribution in [0.5, 0.6) is 0 Å². The van der Waals surface area contributed by atoms with Gasteiger partial charge in [-0.2, -0.15) is 0 Å². The molecule has 0 nitrogen and oxygen atoms in total. The van der Waals surface area contributed by atoms with Crippen molar-refractivity contribution >= 4 is 6.11 Å². The van der Waals surface area contributed by atoms with E-state index in [0.717, 1.165) is 0 Å². The molecule has 0 spiro atoms. The van der Waals surface area contributed by atoms with Crippen LogP contribution in [0.15, 0.2) is 0 Å². The topological polar surface area (TPSA) is 0 Å². The predicted molar refractivity (Wildman–Crippen MR) is 14.4 cm³/mol. The average molecular weight is 232 g/mol. The molecule has 0 N–H and O–H groups in total. The Balaban J connectivity index is -0.0000000200. The fourth-order valence-electron chi connectivity index (χ4n) is 0. The van der Waals surface area contributed by atoms with E-state index in [1.165, 1.54) is 0 Å². The zero-order chi connectivity index (χ0) is 2.71. The molecular weight excluding hydrogens is 227 g/mol. The second kappa shape index (κ2) is 17.0. The molecule has 4 heteroatoms. The molecule has 0 saturated carbocycles. The molecule has 5 heavy (non-hydrogen) atoms. The molecule has 0 aliphatic carbocycles. The van der Waals surface area contributed by atoms with Gasteiger partial charge in [-0.05, 0) is 0 Å². The number of hydrogen-bond acceptors (Lipinski definition) is 0. The third-order valence-electron chi connectivity index (χ3n) is 0. The minimum absolute atomic E-state index is 0. The van der Waals surface area contributed by atoms with Gasteiger partial charge < -0.3 is 0 Å². The molecule has 0 saturated heterocycles. The van der Waals surface area contributed by atoms with E-state index in [1.807, 2.05) is 0 Å². The largest absolute Gasteiger partial charge is 0 e. The van der Waals surface area contributed by atoms with Gasteiger partial charge in [-0.1, -0.05) is 0 Å². The molecule has 0 aliphatic rings. The molecular formula is CH5BCrFeMo. The molecule has 0 amide bonds. The Labute approximate surface area is 63.8 Å². The summed E-state index contributed by atoms with van der Waals surface area (Å²) >= 11 is 0.470. The Morgan fingerprint density at radius 1 is 1.60 bits per heavy atom. The Morgan fingerprint density at radius 2 is 1.60 bits per heavy atom. The van der Waals surface area contributed by atoms with Crippen LogP contribution < -0.4 is 0 Å². The van der Waals surface area contributed by atoms with Crippen LogP contribution in [0.2, 0.25) is 5.31 Å². The first-order valence-electron chi connectivity index (χ1n) is 0.816.